The zero-order valence-electron chi connectivity index (χ0n) is 11.8. The van der Waals surface area contributed by atoms with Crippen LogP contribution in [0, 0.1) is 12.7 Å². The van der Waals surface area contributed by atoms with Crippen LogP contribution in [0.4, 0.5) is 10.2 Å². The lowest BCUT2D eigenvalue weighted by molar-refractivity contribution is 0.628. The van der Waals surface area contributed by atoms with Gasteiger partial charge in [0, 0.05) is 5.56 Å². The van der Waals surface area contributed by atoms with Gasteiger partial charge >= 0.3 is 0 Å². The Hall–Kier alpha value is -2.62. The highest BCUT2D eigenvalue weighted by Gasteiger charge is 2.13. The molecule has 1 aromatic heterocycles. The van der Waals surface area contributed by atoms with Crippen molar-refractivity contribution in [2.24, 2.45) is 0 Å². The quantitative estimate of drug-likeness (QED) is 0.796. The minimum atomic E-state index is -0.285. The summed E-state index contributed by atoms with van der Waals surface area (Å²) in [6, 6.07) is 14.7. The third-order valence-electron chi connectivity index (χ3n) is 3.53. The molecular weight excluding hydrogens is 265 g/mol. The highest BCUT2D eigenvalue weighted by Crippen LogP contribution is 2.28. The SMILES string of the molecule is Cc1ccc(F)cc1-c1ncn(Cc2ccccc2)c1N. The largest absolute Gasteiger partial charge is 0.383 e. The van der Waals surface area contributed by atoms with Crippen molar-refractivity contribution < 1.29 is 4.39 Å². The second kappa shape index (κ2) is 5.40. The minimum absolute atomic E-state index is 0.285. The molecule has 0 aliphatic rings. The summed E-state index contributed by atoms with van der Waals surface area (Å²) in [7, 11) is 0. The normalized spacial score (nSPS) is 10.8. The highest BCUT2D eigenvalue weighted by atomic mass is 19.1. The van der Waals surface area contributed by atoms with Crippen molar-refractivity contribution in [2.75, 3.05) is 5.73 Å². The number of nitrogen functional groups attached to an aromatic ring is 1. The molecular formula is C17H16FN3. The first-order chi connectivity index (χ1) is 10.1. The van der Waals surface area contributed by atoms with Crippen LogP contribution in [-0.4, -0.2) is 9.55 Å². The number of aromatic nitrogens is 2. The number of nitrogens with two attached hydrogens (primary N) is 1. The molecule has 21 heavy (non-hydrogen) atoms. The molecule has 2 aromatic carbocycles. The van der Waals surface area contributed by atoms with E-state index in [0.29, 0.717) is 18.1 Å². The van der Waals surface area contributed by atoms with E-state index in [0.717, 1.165) is 16.7 Å². The molecule has 3 rings (SSSR count). The van der Waals surface area contributed by atoms with Crippen LogP contribution in [0.15, 0.2) is 54.9 Å². The molecule has 0 atom stereocenters. The highest BCUT2D eigenvalue weighted by molar-refractivity contribution is 5.73. The van der Waals surface area contributed by atoms with Crippen molar-refractivity contribution in [3.8, 4) is 11.3 Å². The first-order valence-electron chi connectivity index (χ1n) is 6.76. The number of halogens is 1. The van der Waals surface area contributed by atoms with E-state index in [1.165, 1.54) is 12.1 Å². The van der Waals surface area contributed by atoms with Gasteiger partial charge in [0.05, 0.1) is 12.9 Å². The molecule has 106 valence electrons. The fourth-order valence-electron chi connectivity index (χ4n) is 2.35. The zero-order chi connectivity index (χ0) is 14.8. The Morgan fingerprint density at radius 1 is 1.14 bits per heavy atom. The van der Waals surface area contributed by atoms with E-state index in [-0.39, 0.29) is 5.82 Å². The van der Waals surface area contributed by atoms with E-state index in [4.69, 9.17) is 5.73 Å². The number of benzene rings is 2. The summed E-state index contributed by atoms with van der Waals surface area (Å²) in [6.45, 7) is 2.57. The molecule has 0 amide bonds. The molecule has 3 nitrogen and oxygen atoms in total. The first-order valence-corrected chi connectivity index (χ1v) is 6.76. The fraction of sp³-hybridized carbons (Fsp3) is 0.118. The Morgan fingerprint density at radius 2 is 1.90 bits per heavy atom. The predicted octanol–water partition coefficient (Wildman–Crippen LogP) is 3.63. The van der Waals surface area contributed by atoms with Gasteiger partial charge in [0.1, 0.15) is 17.3 Å². The molecule has 1 heterocycles. The van der Waals surface area contributed by atoms with Crippen LogP contribution < -0.4 is 5.73 Å². The van der Waals surface area contributed by atoms with Crippen molar-refractivity contribution in [1.82, 2.24) is 9.55 Å². The fourth-order valence-corrected chi connectivity index (χ4v) is 2.35. The second-order valence-corrected chi connectivity index (χ2v) is 5.05. The van der Waals surface area contributed by atoms with E-state index < -0.39 is 0 Å². The summed E-state index contributed by atoms with van der Waals surface area (Å²) in [5.74, 6) is 0.264. The maximum atomic E-state index is 13.4. The van der Waals surface area contributed by atoms with Crippen molar-refractivity contribution in [3.05, 3.63) is 71.8 Å². The molecule has 0 spiro atoms. The number of hydrogen-bond donors (Lipinski definition) is 1. The molecule has 0 bridgehead atoms. The van der Waals surface area contributed by atoms with Crippen LogP contribution in [0.3, 0.4) is 0 Å². The molecule has 0 saturated carbocycles. The summed E-state index contributed by atoms with van der Waals surface area (Å²) in [6.07, 6.45) is 1.70. The molecule has 0 aliphatic carbocycles. The van der Waals surface area contributed by atoms with Crippen LogP contribution >= 0.6 is 0 Å². The van der Waals surface area contributed by atoms with Crippen LogP contribution in [0.2, 0.25) is 0 Å². The minimum Gasteiger partial charge on any atom is -0.383 e. The molecule has 0 aliphatic heterocycles. The number of aryl methyl sites for hydroxylation is 1. The van der Waals surface area contributed by atoms with Gasteiger partial charge in [-0.25, -0.2) is 9.37 Å². The second-order valence-electron chi connectivity index (χ2n) is 5.05. The monoisotopic (exact) mass is 281 g/mol. The Bertz CT molecular complexity index is 763. The van der Waals surface area contributed by atoms with Crippen LogP contribution in [0.5, 0.6) is 0 Å². The topological polar surface area (TPSA) is 43.8 Å². The van der Waals surface area contributed by atoms with E-state index in [9.17, 15) is 4.39 Å². The van der Waals surface area contributed by atoms with Crippen LogP contribution in [-0.2, 0) is 6.54 Å². The van der Waals surface area contributed by atoms with Gasteiger partial charge in [-0.05, 0) is 30.2 Å². The van der Waals surface area contributed by atoms with Gasteiger partial charge in [-0.2, -0.15) is 0 Å². The van der Waals surface area contributed by atoms with Crippen molar-refractivity contribution in [2.45, 2.75) is 13.5 Å². The van der Waals surface area contributed by atoms with Crippen LogP contribution in [0.1, 0.15) is 11.1 Å². The lowest BCUT2D eigenvalue weighted by Gasteiger charge is -2.07. The summed E-state index contributed by atoms with van der Waals surface area (Å²) >= 11 is 0. The molecule has 4 heteroatoms. The Labute approximate surface area is 122 Å². The van der Waals surface area contributed by atoms with Crippen molar-refractivity contribution in [1.29, 1.82) is 0 Å². The average Bonchev–Trinajstić information content (AvgIpc) is 2.84. The van der Waals surface area contributed by atoms with Crippen LogP contribution in [0.25, 0.3) is 11.3 Å². The lowest BCUT2D eigenvalue weighted by Crippen LogP contribution is -2.03. The maximum Gasteiger partial charge on any atom is 0.131 e. The smallest absolute Gasteiger partial charge is 0.131 e. The van der Waals surface area contributed by atoms with Crippen molar-refractivity contribution in [3.63, 3.8) is 0 Å². The maximum absolute atomic E-state index is 13.4. The summed E-state index contributed by atoms with van der Waals surface area (Å²) in [5.41, 5.74) is 9.64. The molecule has 0 saturated heterocycles. The summed E-state index contributed by atoms with van der Waals surface area (Å²) in [4.78, 5) is 4.36. The first kappa shape index (κ1) is 13.4. The summed E-state index contributed by atoms with van der Waals surface area (Å²) < 4.78 is 15.3. The number of imidazole rings is 1. The molecule has 3 aromatic rings. The van der Waals surface area contributed by atoms with E-state index in [1.54, 1.807) is 12.4 Å². The third kappa shape index (κ3) is 2.65. The summed E-state index contributed by atoms with van der Waals surface area (Å²) in [5, 5.41) is 0. The van der Waals surface area contributed by atoms with E-state index >= 15 is 0 Å². The number of rotatable bonds is 3. The van der Waals surface area contributed by atoms with Gasteiger partial charge in [-0.1, -0.05) is 36.4 Å². The average molecular weight is 281 g/mol. The Balaban J connectivity index is 1.98. The van der Waals surface area contributed by atoms with Gasteiger partial charge in [0.25, 0.3) is 0 Å². The van der Waals surface area contributed by atoms with Gasteiger partial charge in [0.15, 0.2) is 0 Å². The van der Waals surface area contributed by atoms with E-state index in [2.05, 4.69) is 4.98 Å². The number of hydrogen-bond acceptors (Lipinski definition) is 2. The standard InChI is InChI=1S/C17H16FN3/c1-12-7-8-14(18)9-15(12)16-17(19)21(11-20-16)10-13-5-3-2-4-6-13/h2-9,11H,10,19H2,1H3. The van der Waals surface area contributed by atoms with Gasteiger partial charge < -0.3 is 10.3 Å². The Morgan fingerprint density at radius 3 is 2.67 bits per heavy atom. The molecule has 2 N–H and O–H groups in total. The zero-order valence-corrected chi connectivity index (χ0v) is 11.8. The number of nitrogens with zero attached hydrogens (tertiary/aromatic N) is 2. The predicted molar refractivity (Wildman–Crippen MR) is 82.3 cm³/mol. The van der Waals surface area contributed by atoms with Gasteiger partial charge in [-0.15, -0.1) is 0 Å². The van der Waals surface area contributed by atoms with Gasteiger partial charge in [-0.3, -0.25) is 0 Å². The molecule has 0 unspecified atom stereocenters. The van der Waals surface area contributed by atoms with Gasteiger partial charge in [0.2, 0.25) is 0 Å². The number of anilines is 1. The Kier molecular flexibility index (Phi) is 3.44. The molecule has 0 fully saturated rings. The third-order valence-corrected chi connectivity index (χ3v) is 3.53. The van der Waals surface area contributed by atoms with E-state index in [1.807, 2.05) is 41.8 Å². The molecule has 0 radical (unpaired) electrons. The van der Waals surface area contributed by atoms with Crippen molar-refractivity contribution >= 4 is 5.82 Å². The lowest BCUT2D eigenvalue weighted by atomic mass is 10.1.